The molecule has 0 aliphatic heterocycles. The molecule has 25 heavy (non-hydrogen) atoms. The van der Waals surface area contributed by atoms with Gasteiger partial charge in [-0.1, -0.05) is 36.4 Å². The second kappa shape index (κ2) is 9.10. The van der Waals surface area contributed by atoms with E-state index in [0.29, 0.717) is 16.9 Å². The number of carbonyl (C=O) groups excluding carboxylic acids is 1. The van der Waals surface area contributed by atoms with Gasteiger partial charge in [-0.05, 0) is 17.7 Å². The van der Waals surface area contributed by atoms with Crippen molar-refractivity contribution < 1.29 is 4.79 Å². The number of hydrogen-bond donors (Lipinski definition) is 1. The number of halogens is 1. The number of benzene rings is 1. The number of aromatic nitrogens is 2. The van der Waals surface area contributed by atoms with Crippen LogP contribution in [0, 0.1) is 0 Å². The molecule has 0 saturated heterocycles. The normalized spacial score (nSPS) is 10.8. The number of carbonyl (C=O) groups is 1. The molecule has 1 N–H and O–H groups in total. The SMILES string of the molecule is Br.C=CCn1c(-c2ccccc2)cs/c1=N/NC(=O)c1ccncc1. The van der Waals surface area contributed by atoms with E-state index in [2.05, 4.69) is 22.1 Å². The zero-order valence-electron chi connectivity index (χ0n) is 13.3. The minimum atomic E-state index is -0.266. The number of hydrogen-bond acceptors (Lipinski definition) is 4. The average Bonchev–Trinajstić information content (AvgIpc) is 3.04. The van der Waals surface area contributed by atoms with Crippen molar-refractivity contribution in [3.8, 4) is 11.3 Å². The largest absolute Gasteiger partial charge is 0.311 e. The number of nitrogens with zero attached hydrogens (tertiary/aromatic N) is 3. The highest BCUT2D eigenvalue weighted by Crippen LogP contribution is 2.19. The van der Waals surface area contributed by atoms with Gasteiger partial charge in [0.2, 0.25) is 4.80 Å². The molecule has 0 atom stereocenters. The molecule has 2 aromatic heterocycles. The second-order valence-corrected chi connectivity index (χ2v) is 5.79. The Balaban J connectivity index is 0.00000225. The number of pyridine rings is 1. The van der Waals surface area contributed by atoms with Crippen molar-refractivity contribution in [1.29, 1.82) is 0 Å². The first kappa shape index (κ1) is 18.8. The first-order valence-corrected chi connectivity index (χ1v) is 8.26. The van der Waals surface area contributed by atoms with Crippen LogP contribution in [0.1, 0.15) is 10.4 Å². The number of thiazole rings is 1. The lowest BCUT2D eigenvalue weighted by Crippen LogP contribution is -2.24. The van der Waals surface area contributed by atoms with Gasteiger partial charge in [-0.15, -0.1) is 40.0 Å². The van der Waals surface area contributed by atoms with Crippen LogP contribution in [0.15, 0.2) is 78.0 Å². The molecule has 128 valence electrons. The van der Waals surface area contributed by atoms with E-state index >= 15 is 0 Å². The summed E-state index contributed by atoms with van der Waals surface area (Å²) in [5, 5.41) is 6.29. The van der Waals surface area contributed by atoms with Gasteiger partial charge in [-0.2, -0.15) is 0 Å². The summed E-state index contributed by atoms with van der Waals surface area (Å²) in [4.78, 5) is 16.7. The van der Waals surface area contributed by atoms with E-state index in [0.717, 1.165) is 11.3 Å². The molecule has 1 amide bonds. The number of allylic oxidation sites excluding steroid dienone is 1. The average molecular weight is 417 g/mol. The van der Waals surface area contributed by atoms with Crippen molar-refractivity contribution in [3.05, 3.63) is 83.3 Å². The Hall–Kier alpha value is -2.51. The van der Waals surface area contributed by atoms with Crippen LogP contribution >= 0.6 is 28.3 Å². The van der Waals surface area contributed by atoms with Crippen LogP contribution < -0.4 is 10.2 Å². The molecule has 0 fully saturated rings. The van der Waals surface area contributed by atoms with Crippen LogP contribution in [-0.4, -0.2) is 15.5 Å². The summed E-state index contributed by atoms with van der Waals surface area (Å²) in [5.74, 6) is -0.266. The van der Waals surface area contributed by atoms with Crippen molar-refractivity contribution in [2.75, 3.05) is 0 Å². The van der Waals surface area contributed by atoms with E-state index < -0.39 is 0 Å². The van der Waals surface area contributed by atoms with Crippen LogP contribution in [0.25, 0.3) is 11.3 Å². The molecule has 0 spiro atoms. The Kier molecular flexibility index (Phi) is 6.85. The first-order valence-electron chi connectivity index (χ1n) is 7.38. The van der Waals surface area contributed by atoms with Gasteiger partial charge < -0.3 is 4.57 Å². The molecule has 2 heterocycles. The van der Waals surface area contributed by atoms with E-state index in [9.17, 15) is 4.79 Å². The predicted octanol–water partition coefficient (Wildman–Crippen LogP) is 3.62. The lowest BCUT2D eigenvalue weighted by Gasteiger charge is -2.06. The molecule has 3 aromatic rings. The number of amides is 1. The van der Waals surface area contributed by atoms with Crippen LogP contribution in [0.2, 0.25) is 0 Å². The quantitative estimate of drug-likeness (QED) is 0.509. The van der Waals surface area contributed by atoms with E-state index in [-0.39, 0.29) is 22.9 Å². The summed E-state index contributed by atoms with van der Waals surface area (Å²) in [7, 11) is 0. The maximum atomic E-state index is 12.1. The summed E-state index contributed by atoms with van der Waals surface area (Å²) in [5.41, 5.74) is 5.24. The smallest absolute Gasteiger partial charge is 0.271 e. The number of rotatable bonds is 5. The van der Waals surface area contributed by atoms with Crippen molar-refractivity contribution in [2.45, 2.75) is 6.54 Å². The molecular weight excluding hydrogens is 400 g/mol. The molecule has 0 aliphatic carbocycles. The van der Waals surface area contributed by atoms with Crippen LogP contribution in [0.3, 0.4) is 0 Å². The van der Waals surface area contributed by atoms with E-state index in [1.165, 1.54) is 11.3 Å². The van der Waals surface area contributed by atoms with Gasteiger partial charge in [0.1, 0.15) is 0 Å². The fourth-order valence-electron chi connectivity index (χ4n) is 2.23. The molecule has 0 saturated carbocycles. The van der Waals surface area contributed by atoms with Gasteiger partial charge in [0.25, 0.3) is 5.91 Å². The van der Waals surface area contributed by atoms with Crippen LogP contribution in [-0.2, 0) is 6.54 Å². The minimum absolute atomic E-state index is 0. The molecule has 0 bridgehead atoms. The fraction of sp³-hybridized carbons (Fsp3) is 0.0556. The Morgan fingerprint density at radius 2 is 1.96 bits per heavy atom. The standard InChI is InChI=1S/C18H16N4OS.BrH/c1-2-12-22-16(14-6-4-3-5-7-14)13-24-18(22)21-20-17(23)15-8-10-19-11-9-15;/h2-11,13H,1,12H2,(H,20,23);1H/b21-18+;. The third-order valence-electron chi connectivity index (χ3n) is 3.37. The highest BCUT2D eigenvalue weighted by Gasteiger charge is 2.08. The van der Waals surface area contributed by atoms with Crippen molar-refractivity contribution in [1.82, 2.24) is 15.0 Å². The van der Waals surface area contributed by atoms with Gasteiger partial charge in [0, 0.05) is 29.9 Å². The third-order valence-corrected chi connectivity index (χ3v) is 4.24. The highest BCUT2D eigenvalue weighted by atomic mass is 79.9. The zero-order chi connectivity index (χ0) is 16.8. The van der Waals surface area contributed by atoms with Crippen molar-refractivity contribution in [3.63, 3.8) is 0 Å². The van der Waals surface area contributed by atoms with Crippen molar-refractivity contribution in [2.24, 2.45) is 5.10 Å². The Morgan fingerprint density at radius 1 is 1.24 bits per heavy atom. The molecule has 5 nitrogen and oxygen atoms in total. The van der Waals surface area contributed by atoms with Gasteiger partial charge >= 0.3 is 0 Å². The highest BCUT2D eigenvalue weighted by molar-refractivity contribution is 8.93. The molecule has 0 radical (unpaired) electrons. The first-order chi connectivity index (χ1) is 11.8. The maximum absolute atomic E-state index is 12.1. The van der Waals surface area contributed by atoms with Gasteiger partial charge in [-0.25, -0.2) is 5.43 Å². The minimum Gasteiger partial charge on any atom is -0.311 e. The van der Waals surface area contributed by atoms with E-state index in [1.807, 2.05) is 46.4 Å². The zero-order valence-corrected chi connectivity index (χ0v) is 15.9. The van der Waals surface area contributed by atoms with Gasteiger partial charge in [-0.3, -0.25) is 9.78 Å². The van der Waals surface area contributed by atoms with Crippen LogP contribution in [0.5, 0.6) is 0 Å². The molecule has 7 heteroatoms. The molecular formula is C18H17BrN4OS. The maximum Gasteiger partial charge on any atom is 0.271 e. The summed E-state index contributed by atoms with van der Waals surface area (Å²) in [6.45, 7) is 4.41. The Bertz CT molecular complexity index is 904. The third kappa shape index (κ3) is 4.52. The lowest BCUT2D eigenvalue weighted by atomic mass is 10.2. The van der Waals surface area contributed by atoms with Gasteiger partial charge in [0.15, 0.2) is 0 Å². The molecule has 0 aliphatic rings. The topological polar surface area (TPSA) is 59.3 Å². The van der Waals surface area contributed by atoms with Crippen molar-refractivity contribution >= 4 is 34.2 Å². The predicted molar refractivity (Wildman–Crippen MR) is 106 cm³/mol. The Labute approximate surface area is 160 Å². The summed E-state index contributed by atoms with van der Waals surface area (Å²) in [6, 6.07) is 13.3. The van der Waals surface area contributed by atoms with E-state index in [4.69, 9.17) is 0 Å². The molecule has 3 rings (SSSR count). The second-order valence-electron chi connectivity index (χ2n) is 4.96. The van der Waals surface area contributed by atoms with Gasteiger partial charge in [0.05, 0.1) is 5.69 Å². The summed E-state index contributed by atoms with van der Waals surface area (Å²) in [6.07, 6.45) is 4.96. The summed E-state index contributed by atoms with van der Waals surface area (Å²) >= 11 is 1.47. The molecule has 1 aromatic carbocycles. The van der Waals surface area contributed by atoms with Crippen LogP contribution in [0.4, 0.5) is 0 Å². The summed E-state index contributed by atoms with van der Waals surface area (Å²) < 4.78 is 2.01. The Morgan fingerprint density at radius 3 is 2.64 bits per heavy atom. The molecule has 0 unspecified atom stereocenters. The monoisotopic (exact) mass is 416 g/mol. The number of nitrogens with one attached hydrogen (secondary N) is 1. The lowest BCUT2D eigenvalue weighted by molar-refractivity contribution is 0.0953. The van der Waals surface area contributed by atoms with E-state index in [1.54, 1.807) is 24.5 Å². The fourth-order valence-corrected chi connectivity index (χ4v) is 3.11.